The first-order valence-corrected chi connectivity index (χ1v) is 8.14. The molecule has 0 aliphatic rings. The molecule has 2 atom stereocenters. The minimum absolute atomic E-state index is 0.510. The molecule has 1 aromatic carbocycles. The van der Waals surface area contributed by atoms with E-state index in [-0.39, 0.29) is 0 Å². The second-order valence-corrected chi connectivity index (χ2v) is 5.88. The Balaban J connectivity index is 2.47. The highest BCUT2D eigenvalue weighted by Gasteiger charge is 2.17. The minimum Gasteiger partial charge on any atom is -0.496 e. The lowest BCUT2D eigenvalue weighted by atomic mass is 10.0. The fourth-order valence-electron chi connectivity index (χ4n) is 2.67. The van der Waals surface area contributed by atoms with Crippen LogP contribution in [0.5, 0.6) is 5.75 Å². The van der Waals surface area contributed by atoms with E-state index in [1.54, 1.807) is 7.11 Å². The third-order valence-electron chi connectivity index (χ3n) is 4.32. The molecule has 3 nitrogen and oxygen atoms in total. The number of benzene rings is 1. The maximum atomic E-state index is 5.45. The van der Waals surface area contributed by atoms with Crippen molar-refractivity contribution in [3.05, 3.63) is 29.8 Å². The molecule has 1 N–H and O–H groups in total. The second kappa shape index (κ2) is 9.80. The van der Waals surface area contributed by atoms with E-state index in [0.29, 0.717) is 12.1 Å². The molecule has 0 fully saturated rings. The lowest BCUT2D eigenvalue weighted by molar-refractivity contribution is 0.183. The quantitative estimate of drug-likeness (QED) is 0.669. The van der Waals surface area contributed by atoms with Crippen molar-refractivity contribution < 1.29 is 4.74 Å². The molecule has 2 unspecified atom stereocenters. The monoisotopic (exact) mass is 292 g/mol. The van der Waals surface area contributed by atoms with Crippen molar-refractivity contribution in [2.45, 2.75) is 52.1 Å². The number of hydrogen-bond donors (Lipinski definition) is 1. The van der Waals surface area contributed by atoms with Crippen LogP contribution in [-0.2, 0) is 6.42 Å². The van der Waals surface area contributed by atoms with E-state index < -0.39 is 0 Å². The van der Waals surface area contributed by atoms with Gasteiger partial charge >= 0.3 is 0 Å². The van der Waals surface area contributed by atoms with Crippen LogP contribution in [0.3, 0.4) is 0 Å². The van der Waals surface area contributed by atoms with Crippen LogP contribution in [0.2, 0.25) is 0 Å². The molecule has 3 heteroatoms. The van der Waals surface area contributed by atoms with E-state index in [1.165, 1.54) is 18.4 Å². The van der Waals surface area contributed by atoms with Crippen LogP contribution in [0.4, 0.5) is 0 Å². The standard InChI is InChI=1S/C18H32N2O/c1-6-19-13-9-10-15(2)20(4)16(3)14-17-11-7-8-12-18(17)21-5/h7-8,11-12,15-16,19H,6,9-10,13-14H2,1-5H3. The first-order chi connectivity index (χ1) is 10.1. The molecule has 1 aromatic rings. The van der Waals surface area contributed by atoms with Gasteiger partial charge in [0.05, 0.1) is 7.11 Å². The largest absolute Gasteiger partial charge is 0.496 e. The van der Waals surface area contributed by atoms with Gasteiger partial charge < -0.3 is 15.0 Å². The Bertz CT molecular complexity index is 395. The molecule has 21 heavy (non-hydrogen) atoms. The fourth-order valence-corrected chi connectivity index (χ4v) is 2.67. The zero-order chi connectivity index (χ0) is 15.7. The highest BCUT2D eigenvalue weighted by Crippen LogP contribution is 2.21. The molecule has 0 bridgehead atoms. The normalized spacial score (nSPS) is 14.2. The van der Waals surface area contributed by atoms with Crippen molar-refractivity contribution in [3.8, 4) is 5.75 Å². The van der Waals surface area contributed by atoms with Crippen LogP contribution in [0.25, 0.3) is 0 Å². The van der Waals surface area contributed by atoms with Crippen LogP contribution < -0.4 is 10.1 Å². The van der Waals surface area contributed by atoms with Crippen molar-refractivity contribution in [3.63, 3.8) is 0 Å². The zero-order valence-electron chi connectivity index (χ0n) is 14.4. The summed E-state index contributed by atoms with van der Waals surface area (Å²) in [7, 11) is 3.98. The predicted molar refractivity (Wildman–Crippen MR) is 91.2 cm³/mol. The lowest BCUT2D eigenvalue weighted by Crippen LogP contribution is -2.38. The van der Waals surface area contributed by atoms with Gasteiger partial charge in [-0.3, -0.25) is 0 Å². The van der Waals surface area contributed by atoms with E-state index in [9.17, 15) is 0 Å². The maximum Gasteiger partial charge on any atom is 0.122 e. The molecule has 0 aliphatic heterocycles. The first kappa shape index (κ1) is 18.0. The van der Waals surface area contributed by atoms with Gasteiger partial charge in [0.2, 0.25) is 0 Å². The van der Waals surface area contributed by atoms with Crippen LogP contribution in [0, 0.1) is 0 Å². The molecule has 120 valence electrons. The second-order valence-electron chi connectivity index (χ2n) is 5.88. The summed E-state index contributed by atoms with van der Waals surface area (Å²) in [5, 5.41) is 3.39. The highest BCUT2D eigenvalue weighted by molar-refractivity contribution is 5.33. The Morgan fingerprint density at radius 2 is 1.90 bits per heavy atom. The van der Waals surface area contributed by atoms with Gasteiger partial charge in [0.1, 0.15) is 5.75 Å². The Hall–Kier alpha value is -1.06. The molecule has 0 aromatic heterocycles. The molecular weight excluding hydrogens is 260 g/mol. The number of likely N-dealkylation sites (N-methyl/N-ethyl adjacent to an activating group) is 1. The van der Waals surface area contributed by atoms with E-state index in [4.69, 9.17) is 4.74 Å². The van der Waals surface area contributed by atoms with Crippen molar-refractivity contribution in [1.29, 1.82) is 0 Å². The summed E-state index contributed by atoms with van der Waals surface area (Å²) in [5.74, 6) is 0.998. The molecule has 0 saturated heterocycles. The third kappa shape index (κ3) is 6.06. The van der Waals surface area contributed by atoms with Gasteiger partial charge in [0, 0.05) is 12.1 Å². The Labute approximate surface area is 130 Å². The van der Waals surface area contributed by atoms with Gasteiger partial charge in [-0.15, -0.1) is 0 Å². The Kier molecular flexibility index (Phi) is 8.40. The average Bonchev–Trinajstić information content (AvgIpc) is 2.51. The summed E-state index contributed by atoms with van der Waals surface area (Å²) in [5.41, 5.74) is 1.29. The molecule has 0 heterocycles. The summed E-state index contributed by atoms with van der Waals surface area (Å²) >= 11 is 0. The highest BCUT2D eigenvalue weighted by atomic mass is 16.5. The number of ether oxygens (including phenoxy) is 1. The van der Waals surface area contributed by atoms with Crippen LogP contribution in [0.1, 0.15) is 39.2 Å². The third-order valence-corrected chi connectivity index (χ3v) is 4.32. The van der Waals surface area contributed by atoms with Crippen LogP contribution in [0.15, 0.2) is 24.3 Å². The average molecular weight is 292 g/mol. The zero-order valence-corrected chi connectivity index (χ0v) is 14.4. The molecule has 1 rings (SSSR count). The molecule has 0 amide bonds. The summed E-state index contributed by atoms with van der Waals surface area (Å²) in [4.78, 5) is 2.48. The molecule has 0 spiro atoms. The van der Waals surface area contributed by atoms with E-state index in [0.717, 1.165) is 25.3 Å². The van der Waals surface area contributed by atoms with E-state index >= 15 is 0 Å². The van der Waals surface area contributed by atoms with Crippen molar-refractivity contribution >= 4 is 0 Å². The lowest BCUT2D eigenvalue weighted by Gasteiger charge is -2.31. The van der Waals surface area contributed by atoms with E-state index in [2.05, 4.69) is 50.2 Å². The Morgan fingerprint density at radius 3 is 2.57 bits per heavy atom. The molecule has 0 aliphatic carbocycles. The number of para-hydroxylation sites is 1. The van der Waals surface area contributed by atoms with Gasteiger partial charge in [-0.25, -0.2) is 0 Å². The molecular formula is C18H32N2O. The molecule has 0 radical (unpaired) electrons. The number of methoxy groups -OCH3 is 1. The topological polar surface area (TPSA) is 24.5 Å². The number of nitrogens with one attached hydrogen (secondary N) is 1. The van der Waals surface area contributed by atoms with Crippen molar-refractivity contribution in [2.24, 2.45) is 0 Å². The van der Waals surface area contributed by atoms with Crippen molar-refractivity contribution in [2.75, 3.05) is 27.2 Å². The Morgan fingerprint density at radius 1 is 1.19 bits per heavy atom. The van der Waals surface area contributed by atoms with E-state index in [1.807, 2.05) is 12.1 Å². The van der Waals surface area contributed by atoms with Gasteiger partial charge in [-0.1, -0.05) is 25.1 Å². The number of rotatable bonds is 10. The maximum absolute atomic E-state index is 5.45. The summed E-state index contributed by atoms with van der Waals surface area (Å²) < 4.78 is 5.45. The van der Waals surface area contributed by atoms with Crippen LogP contribution >= 0.6 is 0 Å². The van der Waals surface area contributed by atoms with Crippen LogP contribution in [-0.4, -0.2) is 44.2 Å². The number of hydrogen-bond acceptors (Lipinski definition) is 3. The number of nitrogens with zero attached hydrogens (tertiary/aromatic N) is 1. The van der Waals surface area contributed by atoms with Gasteiger partial charge in [0.25, 0.3) is 0 Å². The van der Waals surface area contributed by atoms with Crippen molar-refractivity contribution in [1.82, 2.24) is 10.2 Å². The van der Waals surface area contributed by atoms with Gasteiger partial charge in [-0.05, 0) is 64.9 Å². The molecule has 0 saturated carbocycles. The summed E-state index contributed by atoms with van der Waals surface area (Å²) in [6.07, 6.45) is 3.50. The first-order valence-electron chi connectivity index (χ1n) is 8.14. The minimum atomic E-state index is 0.510. The van der Waals surface area contributed by atoms with Gasteiger partial charge in [0.15, 0.2) is 0 Å². The predicted octanol–water partition coefficient (Wildman–Crippen LogP) is 3.34. The summed E-state index contributed by atoms with van der Waals surface area (Å²) in [6, 6.07) is 9.44. The summed E-state index contributed by atoms with van der Waals surface area (Å²) in [6.45, 7) is 8.97. The SMILES string of the molecule is CCNCCCC(C)N(C)C(C)Cc1ccccc1OC. The van der Waals surface area contributed by atoms with Gasteiger partial charge in [-0.2, -0.15) is 0 Å². The fraction of sp³-hybridized carbons (Fsp3) is 0.667. The smallest absolute Gasteiger partial charge is 0.122 e.